The molecule has 2 aromatic rings. The topological polar surface area (TPSA) is 29.0 Å². The molecule has 0 N–H and O–H groups in total. The molecular formula is C15H20BrN3S. The molecule has 1 fully saturated rings. The van der Waals surface area contributed by atoms with Crippen LogP contribution in [0.1, 0.15) is 31.1 Å². The molecule has 0 saturated carbocycles. The summed E-state index contributed by atoms with van der Waals surface area (Å²) in [6.45, 7) is 4.46. The normalized spacial score (nSPS) is 19.7. The number of thiophene rings is 1. The van der Waals surface area contributed by atoms with Crippen LogP contribution in [0.4, 0.5) is 5.82 Å². The first-order valence-corrected chi connectivity index (χ1v) is 9.30. The van der Waals surface area contributed by atoms with Crippen LogP contribution >= 0.6 is 27.3 Å². The quantitative estimate of drug-likeness (QED) is 0.769. The van der Waals surface area contributed by atoms with E-state index in [0.717, 1.165) is 41.4 Å². The maximum Gasteiger partial charge on any atom is 0.140 e. The maximum absolute atomic E-state index is 4.58. The highest BCUT2D eigenvalue weighted by Crippen LogP contribution is 2.33. The highest BCUT2D eigenvalue weighted by Gasteiger charge is 2.22. The van der Waals surface area contributed by atoms with Crippen LogP contribution in [0.5, 0.6) is 0 Å². The fraction of sp³-hybridized carbons (Fsp3) is 0.600. The number of piperidine rings is 1. The van der Waals surface area contributed by atoms with Gasteiger partial charge in [-0.25, -0.2) is 9.97 Å². The van der Waals surface area contributed by atoms with Crippen molar-refractivity contribution in [3.8, 4) is 0 Å². The van der Waals surface area contributed by atoms with E-state index in [1.54, 1.807) is 17.7 Å². The van der Waals surface area contributed by atoms with Gasteiger partial charge >= 0.3 is 0 Å². The lowest BCUT2D eigenvalue weighted by Crippen LogP contribution is -2.36. The summed E-state index contributed by atoms with van der Waals surface area (Å²) < 4.78 is 0. The highest BCUT2D eigenvalue weighted by molar-refractivity contribution is 9.09. The molecule has 1 unspecified atom stereocenters. The Labute approximate surface area is 132 Å². The minimum atomic E-state index is 0.789. The second-order valence-corrected chi connectivity index (χ2v) is 7.32. The molecule has 0 spiro atoms. The van der Waals surface area contributed by atoms with Crippen LogP contribution < -0.4 is 4.90 Å². The van der Waals surface area contributed by atoms with Gasteiger partial charge in [0.2, 0.25) is 0 Å². The third-order valence-corrected chi connectivity index (χ3v) is 5.69. The lowest BCUT2D eigenvalue weighted by Gasteiger charge is -2.33. The molecule has 1 aliphatic heterocycles. The first-order valence-electron chi connectivity index (χ1n) is 7.36. The van der Waals surface area contributed by atoms with Crippen LogP contribution in [0.25, 0.3) is 10.2 Å². The van der Waals surface area contributed by atoms with Crippen LogP contribution in [0.15, 0.2) is 12.4 Å². The Kier molecular flexibility index (Phi) is 4.56. The molecule has 5 heteroatoms. The molecule has 0 aromatic carbocycles. The first-order chi connectivity index (χ1) is 9.81. The summed E-state index contributed by atoms with van der Waals surface area (Å²) in [5.41, 5.74) is 0. The fourth-order valence-electron chi connectivity index (χ4n) is 2.97. The van der Waals surface area contributed by atoms with Gasteiger partial charge in [0.05, 0.1) is 5.39 Å². The van der Waals surface area contributed by atoms with Crippen molar-refractivity contribution in [2.45, 2.75) is 32.6 Å². The Balaban J connectivity index is 1.90. The van der Waals surface area contributed by atoms with Crippen molar-refractivity contribution in [1.29, 1.82) is 0 Å². The van der Waals surface area contributed by atoms with Crippen molar-refractivity contribution in [2.24, 2.45) is 5.92 Å². The van der Waals surface area contributed by atoms with Crippen LogP contribution in [0.3, 0.4) is 0 Å². The number of hydrogen-bond acceptors (Lipinski definition) is 4. The third kappa shape index (κ3) is 2.84. The Morgan fingerprint density at radius 3 is 3.15 bits per heavy atom. The number of rotatable bonds is 4. The van der Waals surface area contributed by atoms with E-state index in [9.17, 15) is 0 Å². The number of aromatic nitrogens is 2. The molecule has 0 bridgehead atoms. The molecule has 3 heterocycles. The van der Waals surface area contributed by atoms with Crippen LogP contribution in [-0.4, -0.2) is 28.4 Å². The van der Waals surface area contributed by atoms with Gasteiger partial charge in [0, 0.05) is 23.3 Å². The number of anilines is 1. The first kappa shape index (κ1) is 14.3. The van der Waals surface area contributed by atoms with E-state index in [4.69, 9.17) is 0 Å². The van der Waals surface area contributed by atoms with Crippen molar-refractivity contribution in [2.75, 3.05) is 23.3 Å². The van der Waals surface area contributed by atoms with Crippen LogP contribution in [0.2, 0.25) is 0 Å². The number of alkyl halides is 1. The van der Waals surface area contributed by atoms with E-state index >= 15 is 0 Å². The van der Waals surface area contributed by atoms with Crippen molar-refractivity contribution >= 4 is 43.3 Å². The van der Waals surface area contributed by atoms with E-state index in [-0.39, 0.29) is 0 Å². The molecule has 1 aliphatic rings. The van der Waals surface area contributed by atoms with Crippen molar-refractivity contribution in [1.82, 2.24) is 9.97 Å². The van der Waals surface area contributed by atoms with E-state index in [0.29, 0.717) is 0 Å². The minimum absolute atomic E-state index is 0.789. The minimum Gasteiger partial charge on any atom is -0.356 e. The van der Waals surface area contributed by atoms with Crippen LogP contribution in [-0.2, 0) is 6.42 Å². The zero-order valence-corrected chi connectivity index (χ0v) is 14.2. The van der Waals surface area contributed by atoms with E-state index in [2.05, 4.69) is 43.8 Å². The molecular weight excluding hydrogens is 334 g/mol. The number of fused-ring (bicyclic) bond motifs is 1. The summed E-state index contributed by atoms with van der Waals surface area (Å²) in [6.07, 6.45) is 6.68. The van der Waals surface area contributed by atoms with Crippen molar-refractivity contribution in [3.63, 3.8) is 0 Å². The average molecular weight is 354 g/mol. The summed E-state index contributed by atoms with van der Waals surface area (Å²) >= 11 is 5.37. The summed E-state index contributed by atoms with van der Waals surface area (Å²) in [7, 11) is 0. The van der Waals surface area contributed by atoms with Gasteiger partial charge in [0.1, 0.15) is 17.0 Å². The lowest BCUT2D eigenvalue weighted by atomic mass is 9.95. The van der Waals surface area contributed by atoms with Gasteiger partial charge in [-0.15, -0.1) is 11.3 Å². The second-order valence-electron chi connectivity index (χ2n) is 5.41. The van der Waals surface area contributed by atoms with E-state index in [1.165, 1.54) is 29.5 Å². The summed E-state index contributed by atoms with van der Waals surface area (Å²) in [5, 5.41) is 2.34. The molecule has 3 nitrogen and oxygen atoms in total. The zero-order chi connectivity index (χ0) is 13.9. The summed E-state index contributed by atoms with van der Waals surface area (Å²) in [5.74, 6) is 1.93. The Morgan fingerprint density at radius 1 is 1.45 bits per heavy atom. The second kappa shape index (κ2) is 6.39. The predicted octanol–water partition coefficient (Wildman–Crippen LogP) is 4.26. The number of nitrogens with zero attached hydrogens (tertiary/aromatic N) is 3. The Bertz CT molecular complexity index is 582. The van der Waals surface area contributed by atoms with Crippen LogP contribution in [0, 0.1) is 5.92 Å². The monoisotopic (exact) mass is 353 g/mol. The summed E-state index contributed by atoms with van der Waals surface area (Å²) in [6, 6.07) is 2.28. The standard InChI is InChI=1S/C15H20BrN3S/c1-2-12-8-13-14(17-10-18-15(13)20-12)19-7-3-4-11(9-19)5-6-16/h8,10-11H,2-7,9H2,1H3. The van der Waals surface area contributed by atoms with Gasteiger partial charge in [0.25, 0.3) is 0 Å². The molecule has 20 heavy (non-hydrogen) atoms. The van der Waals surface area contributed by atoms with E-state index < -0.39 is 0 Å². The van der Waals surface area contributed by atoms with Gasteiger partial charge < -0.3 is 4.90 Å². The van der Waals surface area contributed by atoms with Gasteiger partial charge in [-0.2, -0.15) is 0 Å². The Morgan fingerprint density at radius 2 is 2.35 bits per heavy atom. The average Bonchev–Trinajstić information content (AvgIpc) is 2.91. The number of hydrogen-bond donors (Lipinski definition) is 0. The van der Waals surface area contributed by atoms with Gasteiger partial charge in [-0.3, -0.25) is 0 Å². The third-order valence-electron chi connectivity index (χ3n) is 4.04. The summed E-state index contributed by atoms with van der Waals surface area (Å²) in [4.78, 5) is 14.0. The lowest BCUT2D eigenvalue weighted by molar-refractivity contribution is 0.406. The number of halogens is 1. The zero-order valence-electron chi connectivity index (χ0n) is 11.8. The predicted molar refractivity (Wildman–Crippen MR) is 90.1 cm³/mol. The molecule has 3 rings (SSSR count). The van der Waals surface area contributed by atoms with E-state index in [1.807, 2.05) is 0 Å². The Hall–Kier alpha value is -0.680. The molecule has 2 aromatic heterocycles. The SMILES string of the molecule is CCc1cc2c(N3CCCC(CCBr)C3)ncnc2s1. The smallest absolute Gasteiger partial charge is 0.140 e. The van der Waals surface area contributed by atoms with Crippen molar-refractivity contribution < 1.29 is 0 Å². The maximum atomic E-state index is 4.58. The fourth-order valence-corrected chi connectivity index (χ4v) is 4.54. The highest BCUT2D eigenvalue weighted by atomic mass is 79.9. The molecule has 0 amide bonds. The molecule has 0 aliphatic carbocycles. The molecule has 1 atom stereocenters. The molecule has 108 valence electrons. The van der Waals surface area contributed by atoms with Gasteiger partial charge in [-0.05, 0) is 37.7 Å². The van der Waals surface area contributed by atoms with Gasteiger partial charge in [0.15, 0.2) is 0 Å². The largest absolute Gasteiger partial charge is 0.356 e. The van der Waals surface area contributed by atoms with Gasteiger partial charge in [-0.1, -0.05) is 22.9 Å². The molecule has 0 radical (unpaired) electrons. The number of aryl methyl sites for hydroxylation is 1. The molecule has 1 saturated heterocycles. The van der Waals surface area contributed by atoms with Crippen molar-refractivity contribution in [3.05, 3.63) is 17.3 Å².